The van der Waals surface area contributed by atoms with Gasteiger partial charge in [-0.05, 0) is 125 Å². The van der Waals surface area contributed by atoms with Gasteiger partial charge in [-0.3, -0.25) is 0 Å². The Labute approximate surface area is 423 Å². The van der Waals surface area contributed by atoms with Crippen molar-refractivity contribution < 1.29 is 13.2 Å². The predicted molar refractivity (Wildman–Crippen MR) is 284 cm³/mol. The van der Waals surface area contributed by atoms with Gasteiger partial charge in [0.15, 0.2) is 28.8 Å². The number of nitriles is 2. The van der Waals surface area contributed by atoms with Crippen molar-refractivity contribution in [3.63, 3.8) is 0 Å². The number of alkyl halides is 3. The normalized spacial score (nSPS) is 11.2. The average Bonchev–Trinajstić information content (AvgIpc) is 3.77. The summed E-state index contributed by atoms with van der Waals surface area (Å²) in [5.41, 5.74) is 11.2. The first-order valence-electron chi connectivity index (χ1n) is 23.2. The van der Waals surface area contributed by atoms with Crippen molar-refractivity contribution in [2.45, 2.75) is 13.1 Å². The fourth-order valence-corrected chi connectivity index (χ4v) is 9.39. The van der Waals surface area contributed by atoms with E-state index in [1.54, 1.807) is 36.4 Å². The summed E-state index contributed by atoms with van der Waals surface area (Å²) in [6.07, 6.45) is -4.59. The Morgan fingerprint density at radius 3 is 1.28 bits per heavy atom. The molecule has 2 heterocycles. The molecule has 0 aliphatic rings. The van der Waals surface area contributed by atoms with Crippen molar-refractivity contribution >= 4 is 33.2 Å². The number of hydrogen-bond acceptors (Lipinski definition) is 5. The highest BCUT2D eigenvalue weighted by Gasteiger charge is 2.31. The predicted octanol–water partition coefficient (Wildman–Crippen LogP) is 16.8. The number of rotatable bonds is 8. The Balaban J connectivity index is 1.26. The van der Waals surface area contributed by atoms with Crippen LogP contribution in [0.3, 0.4) is 0 Å². The van der Waals surface area contributed by atoms with Crippen LogP contribution in [0.1, 0.15) is 22.3 Å². The fourth-order valence-electron chi connectivity index (χ4n) is 9.39. The van der Waals surface area contributed by atoms with E-state index in [-0.39, 0.29) is 0 Å². The molecule has 0 atom stereocenters. The maximum Gasteiger partial charge on any atom is 0.416 e. The first-order chi connectivity index (χ1) is 36.0. The molecule has 0 spiro atoms. The summed E-state index contributed by atoms with van der Waals surface area (Å²) in [5.74, 6) is 1.22. The van der Waals surface area contributed by atoms with E-state index >= 15 is 0 Å². The van der Waals surface area contributed by atoms with Gasteiger partial charge in [0.2, 0.25) is 0 Å². The van der Waals surface area contributed by atoms with Crippen molar-refractivity contribution in [3.05, 3.63) is 239 Å². The van der Waals surface area contributed by atoms with Crippen LogP contribution < -0.4 is 0 Å². The Morgan fingerprint density at radius 1 is 0.446 bits per heavy atom. The zero-order valence-electron chi connectivity index (χ0n) is 39.2. The van der Waals surface area contributed by atoms with Crippen LogP contribution in [0.2, 0.25) is 0 Å². The molecule has 0 aliphatic heterocycles. The number of halogens is 3. The second-order valence-corrected chi connectivity index (χ2v) is 17.7. The first-order valence-corrected chi connectivity index (χ1v) is 23.2. The lowest BCUT2D eigenvalue weighted by Crippen LogP contribution is -2.05. The maximum absolute atomic E-state index is 14.3. The second-order valence-electron chi connectivity index (χ2n) is 17.7. The number of aromatic nitrogens is 4. The topological polar surface area (TPSA) is 99.9 Å². The highest BCUT2D eigenvalue weighted by Crippen LogP contribution is 2.46. The largest absolute Gasteiger partial charge is 0.416 e. The van der Waals surface area contributed by atoms with E-state index in [0.717, 1.165) is 72.9 Å². The Hall–Kier alpha value is -10.5. The standard InChI is InChI=1S/C63H35F3N8/c1-38-14-16-41(17-15-38)53-34-49(62-72-60(43-10-6-4-7-11-43)71-61(73-62)44-12-8-5-9-13-44)35-54(42-18-22-50(23-19-42)63(64,65)66)59(53)74-57-24-20-45(47-26-39(36-67)28-51(30-47)69-2)32-55(57)56-33-46(21-25-58(56)74)48-27-40(37-68)29-52(31-48)70-3/h4-35H,1H3. The van der Waals surface area contributed by atoms with Crippen molar-refractivity contribution in [1.29, 1.82) is 10.5 Å². The lowest BCUT2D eigenvalue weighted by molar-refractivity contribution is -0.137. The molecule has 0 amide bonds. The lowest BCUT2D eigenvalue weighted by atomic mass is 9.91. The molecule has 348 valence electrons. The molecule has 0 aliphatic carbocycles. The van der Waals surface area contributed by atoms with E-state index in [1.165, 1.54) is 12.1 Å². The van der Waals surface area contributed by atoms with Crippen molar-refractivity contribution in [3.8, 4) is 96.5 Å². The Bertz CT molecular complexity index is 3960. The minimum absolute atomic E-state index is 0.311. The molecular weight excluding hydrogens is 926 g/mol. The van der Waals surface area contributed by atoms with Crippen LogP contribution >= 0.6 is 0 Å². The Kier molecular flexibility index (Phi) is 11.6. The monoisotopic (exact) mass is 960 g/mol. The summed E-state index contributed by atoms with van der Waals surface area (Å²) >= 11 is 0. The van der Waals surface area contributed by atoms with E-state index in [1.807, 2.05) is 140 Å². The molecular formula is C63H35F3N8. The summed E-state index contributed by atoms with van der Waals surface area (Å²) in [6.45, 7) is 17.6. The van der Waals surface area contributed by atoms with E-state index in [2.05, 4.69) is 26.4 Å². The van der Waals surface area contributed by atoms with Crippen LogP contribution in [0.5, 0.6) is 0 Å². The van der Waals surface area contributed by atoms with Gasteiger partial charge in [0.1, 0.15) is 0 Å². The molecule has 2 aromatic heterocycles. The number of hydrogen-bond donors (Lipinski definition) is 0. The molecule has 11 rings (SSSR count). The van der Waals surface area contributed by atoms with Gasteiger partial charge in [-0.2, -0.15) is 23.7 Å². The molecule has 0 radical (unpaired) electrons. The zero-order chi connectivity index (χ0) is 51.1. The molecule has 0 saturated carbocycles. The summed E-state index contributed by atoms with van der Waals surface area (Å²) in [6, 6.07) is 62.6. The van der Waals surface area contributed by atoms with E-state index in [9.17, 15) is 23.7 Å². The third-order valence-electron chi connectivity index (χ3n) is 13.0. The van der Waals surface area contributed by atoms with Gasteiger partial charge in [0.25, 0.3) is 0 Å². The van der Waals surface area contributed by atoms with Gasteiger partial charge in [-0.1, -0.05) is 115 Å². The molecule has 0 N–H and O–H groups in total. The lowest BCUT2D eigenvalue weighted by Gasteiger charge is -2.21. The Morgan fingerprint density at radius 2 is 0.865 bits per heavy atom. The molecule has 0 unspecified atom stereocenters. The minimum atomic E-state index is -4.59. The third-order valence-corrected chi connectivity index (χ3v) is 13.0. The molecule has 0 saturated heterocycles. The van der Waals surface area contributed by atoms with Crippen LogP contribution in [0.4, 0.5) is 24.5 Å². The summed E-state index contributed by atoms with van der Waals surface area (Å²) in [4.78, 5) is 22.4. The van der Waals surface area contributed by atoms with Crippen LogP contribution in [-0.4, -0.2) is 19.5 Å². The van der Waals surface area contributed by atoms with Gasteiger partial charge < -0.3 is 4.57 Å². The number of fused-ring (bicyclic) bond motifs is 3. The third kappa shape index (κ3) is 8.64. The molecule has 8 nitrogen and oxygen atoms in total. The number of nitrogens with zero attached hydrogens (tertiary/aromatic N) is 8. The van der Waals surface area contributed by atoms with Crippen molar-refractivity contribution in [1.82, 2.24) is 19.5 Å². The van der Waals surface area contributed by atoms with E-state index < -0.39 is 11.7 Å². The van der Waals surface area contributed by atoms with Crippen LogP contribution in [-0.2, 0) is 6.18 Å². The molecule has 11 heteroatoms. The average molecular weight is 961 g/mol. The maximum atomic E-state index is 14.3. The van der Waals surface area contributed by atoms with E-state index in [4.69, 9.17) is 28.1 Å². The SMILES string of the molecule is [C-]#[N+]c1cc(C#N)cc(-c2ccc3c(c2)c2cc(-c4cc(C#N)cc([N+]#[C-])c4)ccc2n3-c2c(-c3ccc(C)cc3)cc(-c3nc(-c4ccccc4)nc(-c4ccccc4)n3)cc2-c2ccc(C(F)(F)F)cc2)c1. The molecule has 74 heavy (non-hydrogen) atoms. The summed E-state index contributed by atoms with van der Waals surface area (Å²) in [7, 11) is 0. The van der Waals surface area contributed by atoms with Crippen LogP contribution in [0, 0.1) is 42.7 Å². The minimum Gasteiger partial charge on any atom is -0.308 e. The van der Waals surface area contributed by atoms with Gasteiger partial charge in [-0.15, -0.1) is 0 Å². The number of aryl methyl sites for hydroxylation is 1. The van der Waals surface area contributed by atoms with Crippen molar-refractivity contribution in [2.24, 2.45) is 0 Å². The zero-order valence-corrected chi connectivity index (χ0v) is 39.2. The smallest absolute Gasteiger partial charge is 0.308 e. The summed E-state index contributed by atoms with van der Waals surface area (Å²) in [5, 5.41) is 21.5. The highest BCUT2D eigenvalue weighted by molar-refractivity contribution is 6.13. The van der Waals surface area contributed by atoms with E-state index in [0.29, 0.717) is 73.5 Å². The van der Waals surface area contributed by atoms with Gasteiger partial charge in [-0.25, -0.2) is 24.6 Å². The van der Waals surface area contributed by atoms with Gasteiger partial charge in [0.05, 0.1) is 47.6 Å². The summed E-state index contributed by atoms with van der Waals surface area (Å²) < 4.78 is 45.1. The van der Waals surface area contributed by atoms with Gasteiger partial charge in [0, 0.05) is 49.7 Å². The first kappa shape index (κ1) is 46.0. The molecule has 0 fully saturated rings. The van der Waals surface area contributed by atoms with Gasteiger partial charge >= 0.3 is 6.18 Å². The van der Waals surface area contributed by atoms with Crippen LogP contribution in [0.25, 0.3) is 116 Å². The van der Waals surface area contributed by atoms with Crippen LogP contribution in [0.15, 0.2) is 194 Å². The fraction of sp³-hybridized carbons (Fsp3) is 0.0317. The molecule has 11 aromatic rings. The quantitative estimate of drug-likeness (QED) is 0.141. The molecule has 9 aromatic carbocycles. The van der Waals surface area contributed by atoms with Crippen molar-refractivity contribution in [2.75, 3.05) is 0 Å². The second kappa shape index (κ2) is 18.7. The highest BCUT2D eigenvalue weighted by atomic mass is 19.4. The molecule has 0 bridgehead atoms. The number of benzene rings is 9.